The minimum absolute atomic E-state index is 0.196. The van der Waals surface area contributed by atoms with E-state index in [1.54, 1.807) is 48.7 Å². The van der Waals surface area contributed by atoms with E-state index in [1.165, 1.54) is 16.8 Å². The lowest BCUT2D eigenvalue weighted by Crippen LogP contribution is -2.08. The third-order valence-electron chi connectivity index (χ3n) is 3.36. The number of carbonyl (C=O) groups excluding carboxylic acids is 2. The molecule has 0 radical (unpaired) electrons. The predicted octanol–water partition coefficient (Wildman–Crippen LogP) is 4.39. The summed E-state index contributed by atoms with van der Waals surface area (Å²) >= 11 is 0. The Morgan fingerprint density at radius 3 is 2.23 bits per heavy atom. The van der Waals surface area contributed by atoms with Crippen molar-refractivity contribution in [3.63, 3.8) is 0 Å². The summed E-state index contributed by atoms with van der Waals surface area (Å²) in [5.74, 6) is -0.412. The van der Waals surface area contributed by atoms with Gasteiger partial charge in [0.05, 0.1) is 5.69 Å². The number of aromatic nitrogens is 2. The fourth-order valence-electron chi connectivity index (χ4n) is 2.09. The molecular formula is C21H21N3O2. The fraction of sp³-hybridized carbons (Fsp3) is 0.0952. The van der Waals surface area contributed by atoms with Gasteiger partial charge >= 0.3 is 0 Å². The maximum atomic E-state index is 12.0. The first-order chi connectivity index (χ1) is 12.6. The molecule has 132 valence electrons. The third kappa shape index (κ3) is 5.56. The molecule has 0 aliphatic rings. The van der Waals surface area contributed by atoms with Crippen LogP contribution in [-0.2, 0) is 4.79 Å². The molecule has 5 heteroatoms. The number of nitrogens with one attached hydrogen (secondary N) is 1. The van der Waals surface area contributed by atoms with Gasteiger partial charge in [-0.05, 0) is 32.0 Å². The molecule has 1 heterocycles. The molecule has 1 amide bonds. The Morgan fingerprint density at radius 2 is 1.58 bits per heavy atom. The van der Waals surface area contributed by atoms with E-state index in [2.05, 4.69) is 10.4 Å². The van der Waals surface area contributed by atoms with Gasteiger partial charge in [-0.25, -0.2) is 4.68 Å². The van der Waals surface area contributed by atoms with Gasteiger partial charge in [0.1, 0.15) is 0 Å². The molecule has 0 atom stereocenters. The highest BCUT2D eigenvalue weighted by molar-refractivity contribution is 5.99. The highest BCUT2D eigenvalue weighted by atomic mass is 16.2. The van der Waals surface area contributed by atoms with Crippen LogP contribution in [0.15, 0.2) is 85.1 Å². The summed E-state index contributed by atoms with van der Waals surface area (Å²) in [5.41, 5.74) is 2.23. The number of rotatable bonds is 6. The largest absolute Gasteiger partial charge is 0.323 e. The van der Waals surface area contributed by atoms with Crippen molar-refractivity contribution in [3.8, 4) is 11.3 Å². The minimum atomic E-state index is -0.217. The second-order valence-electron chi connectivity index (χ2n) is 5.32. The summed E-state index contributed by atoms with van der Waals surface area (Å²) in [6.45, 7) is 3.76. The van der Waals surface area contributed by atoms with Crippen LogP contribution in [0.5, 0.6) is 0 Å². The van der Waals surface area contributed by atoms with E-state index in [1.807, 2.05) is 38.1 Å². The lowest BCUT2D eigenvalue weighted by molar-refractivity contribution is -0.111. The molecule has 0 aliphatic carbocycles. The summed E-state index contributed by atoms with van der Waals surface area (Å²) in [5, 5.41) is 7.06. The second-order valence-corrected chi connectivity index (χ2v) is 5.32. The van der Waals surface area contributed by atoms with Gasteiger partial charge in [-0.1, -0.05) is 48.6 Å². The van der Waals surface area contributed by atoms with E-state index in [4.69, 9.17) is 0 Å². The quantitative estimate of drug-likeness (QED) is 0.622. The first kappa shape index (κ1) is 18.9. The zero-order valence-electron chi connectivity index (χ0n) is 14.8. The molecule has 0 saturated heterocycles. The van der Waals surface area contributed by atoms with Gasteiger partial charge in [0.2, 0.25) is 5.91 Å². The van der Waals surface area contributed by atoms with Gasteiger partial charge in [-0.2, -0.15) is 5.10 Å². The molecule has 1 aromatic heterocycles. The number of hydrogen-bond acceptors (Lipinski definition) is 3. The van der Waals surface area contributed by atoms with Crippen molar-refractivity contribution in [1.29, 1.82) is 0 Å². The smallest absolute Gasteiger partial charge is 0.270 e. The number of anilines is 1. The number of benzene rings is 1. The van der Waals surface area contributed by atoms with E-state index in [9.17, 15) is 9.59 Å². The topological polar surface area (TPSA) is 64.0 Å². The fourth-order valence-corrected chi connectivity index (χ4v) is 2.09. The van der Waals surface area contributed by atoms with Crippen LogP contribution in [0.1, 0.15) is 18.6 Å². The molecule has 2 rings (SSSR count). The molecule has 2 aromatic rings. The highest BCUT2D eigenvalue weighted by Crippen LogP contribution is 2.19. The van der Waals surface area contributed by atoms with E-state index < -0.39 is 0 Å². The molecule has 1 aromatic carbocycles. The van der Waals surface area contributed by atoms with E-state index in [0.717, 1.165) is 5.56 Å². The molecule has 5 nitrogen and oxygen atoms in total. The molecular weight excluding hydrogens is 326 g/mol. The van der Waals surface area contributed by atoms with Crippen LogP contribution in [-0.4, -0.2) is 21.6 Å². The van der Waals surface area contributed by atoms with Crippen LogP contribution in [0.4, 0.5) is 5.69 Å². The predicted molar refractivity (Wildman–Crippen MR) is 105 cm³/mol. The number of allylic oxidation sites excluding steroid dienone is 7. The van der Waals surface area contributed by atoms with E-state index >= 15 is 0 Å². The number of amides is 1. The zero-order valence-corrected chi connectivity index (χ0v) is 14.8. The molecule has 0 fully saturated rings. The van der Waals surface area contributed by atoms with Crippen molar-refractivity contribution < 1.29 is 9.59 Å². The van der Waals surface area contributed by atoms with Crippen LogP contribution in [0.2, 0.25) is 0 Å². The molecule has 0 saturated carbocycles. The first-order valence-corrected chi connectivity index (χ1v) is 8.24. The Bertz CT molecular complexity index is 869. The van der Waals surface area contributed by atoms with Gasteiger partial charge in [0, 0.05) is 29.6 Å². The monoisotopic (exact) mass is 347 g/mol. The average Bonchev–Trinajstić information content (AvgIpc) is 3.13. The minimum Gasteiger partial charge on any atom is -0.323 e. The zero-order chi connectivity index (χ0) is 18.8. The van der Waals surface area contributed by atoms with Gasteiger partial charge < -0.3 is 5.32 Å². The van der Waals surface area contributed by atoms with Gasteiger partial charge in [0.15, 0.2) is 0 Å². The second kappa shape index (κ2) is 9.74. The summed E-state index contributed by atoms with van der Waals surface area (Å²) in [6.07, 6.45) is 15.1. The van der Waals surface area contributed by atoms with Crippen LogP contribution < -0.4 is 5.32 Å². The van der Waals surface area contributed by atoms with E-state index in [0.29, 0.717) is 11.4 Å². The lowest BCUT2D eigenvalue weighted by atomic mass is 10.1. The SMILES string of the molecule is C/C=C\C=C\C(=O)n1ccc(-c2ccc(NC(=O)/C=C\C=C\C)cc2)n1. The summed E-state index contributed by atoms with van der Waals surface area (Å²) in [7, 11) is 0. The molecule has 0 spiro atoms. The highest BCUT2D eigenvalue weighted by Gasteiger charge is 2.06. The Morgan fingerprint density at radius 1 is 0.923 bits per heavy atom. The molecule has 0 unspecified atom stereocenters. The Labute approximate surface area is 153 Å². The van der Waals surface area contributed by atoms with Crippen LogP contribution in [0.3, 0.4) is 0 Å². The van der Waals surface area contributed by atoms with Crippen molar-refractivity contribution in [2.24, 2.45) is 0 Å². The number of nitrogens with zero attached hydrogens (tertiary/aromatic N) is 2. The molecule has 0 bridgehead atoms. The van der Waals surface area contributed by atoms with Gasteiger partial charge in [0.25, 0.3) is 5.91 Å². The Kier molecular flexibility index (Phi) is 7.06. The molecule has 1 N–H and O–H groups in total. The first-order valence-electron chi connectivity index (χ1n) is 8.24. The van der Waals surface area contributed by atoms with Crippen LogP contribution in [0.25, 0.3) is 11.3 Å². The van der Waals surface area contributed by atoms with E-state index in [-0.39, 0.29) is 11.8 Å². The summed E-state index contributed by atoms with van der Waals surface area (Å²) in [6, 6.07) is 9.05. The van der Waals surface area contributed by atoms with Crippen molar-refractivity contribution in [2.45, 2.75) is 13.8 Å². The van der Waals surface area contributed by atoms with Crippen molar-refractivity contribution >= 4 is 17.5 Å². The standard InChI is InChI=1S/C21H21N3O2/c1-3-5-7-9-20(25)22-18-13-11-17(12-14-18)19-15-16-24(23-19)21(26)10-8-6-4-2/h3-16H,1-2H3,(H,22,25)/b5-3+,6-4-,9-7-,10-8+. The van der Waals surface area contributed by atoms with Crippen LogP contribution in [0, 0.1) is 0 Å². The van der Waals surface area contributed by atoms with Crippen molar-refractivity contribution in [1.82, 2.24) is 9.78 Å². The molecule has 0 aliphatic heterocycles. The third-order valence-corrected chi connectivity index (χ3v) is 3.36. The Balaban J connectivity index is 2.04. The van der Waals surface area contributed by atoms with Crippen molar-refractivity contribution in [2.75, 3.05) is 5.32 Å². The average molecular weight is 347 g/mol. The van der Waals surface area contributed by atoms with Gasteiger partial charge in [-0.15, -0.1) is 0 Å². The number of carbonyl (C=O) groups is 2. The normalized spacial score (nSPS) is 11.9. The number of hydrogen-bond donors (Lipinski definition) is 1. The lowest BCUT2D eigenvalue weighted by Gasteiger charge is -2.03. The van der Waals surface area contributed by atoms with Gasteiger partial charge in [-0.3, -0.25) is 9.59 Å². The Hall–Kier alpha value is -3.47. The summed E-state index contributed by atoms with van der Waals surface area (Å²) in [4.78, 5) is 23.7. The summed E-state index contributed by atoms with van der Waals surface area (Å²) < 4.78 is 1.29. The van der Waals surface area contributed by atoms with Crippen LogP contribution >= 0.6 is 0 Å². The maximum Gasteiger partial charge on any atom is 0.270 e. The van der Waals surface area contributed by atoms with Crippen molar-refractivity contribution in [3.05, 3.63) is 85.1 Å². The maximum absolute atomic E-state index is 12.0. The molecule has 26 heavy (non-hydrogen) atoms.